The highest BCUT2D eigenvalue weighted by Crippen LogP contribution is 2.22. The number of benzene rings is 1. The largest absolute Gasteiger partial charge is 0.347 e. The van der Waals surface area contributed by atoms with Crippen molar-refractivity contribution in [2.75, 3.05) is 13.1 Å². The molecule has 20 heavy (non-hydrogen) atoms. The van der Waals surface area contributed by atoms with Crippen LogP contribution in [-0.2, 0) is 16.8 Å². The molecule has 1 saturated heterocycles. The van der Waals surface area contributed by atoms with Crippen LogP contribution in [0.4, 0.5) is 0 Å². The maximum atomic E-state index is 12.2. The highest BCUT2D eigenvalue weighted by molar-refractivity contribution is 5.85. The molecular weight excluding hydrogens is 272 g/mol. The first kappa shape index (κ1) is 17.0. The Kier molecular flexibility index (Phi) is 6.03. The van der Waals surface area contributed by atoms with Crippen molar-refractivity contribution in [2.24, 2.45) is 5.92 Å². The van der Waals surface area contributed by atoms with Crippen LogP contribution in [0.15, 0.2) is 24.3 Å². The van der Waals surface area contributed by atoms with E-state index in [1.807, 2.05) is 0 Å². The minimum Gasteiger partial charge on any atom is -0.347 e. The summed E-state index contributed by atoms with van der Waals surface area (Å²) < 4.78 is 0. The molecule has 0 bridgehead atoms. The van der Waals surface area contributed by atoms with Gasteiger partial charge in [-0.3, -0.25) is 4.79 Å². The van der Waals surface area contributed by atoms with E-state index < -0.39 is 0 Å². The molecule has 0 aliphatic carbocycles. The van der Waals surface area contributed by atoms with E-state index in [9.17, 15) is 4.79 Å². The van der Waals surface area contributed by atoms with Crippen LogP contribution in [0.1, 0.15) is 38.3 Å². The van der Waals surface area contributed by atoms with Crippen LogP contribution in [0.5, 0.6) is 0 Å². The molecule has 1 heterocycles. The number of hydrogen-bond donors (Lipinski definition) is 2. The maximum Gasteiger partial charge on any atom is 0.225 e. The van der Waals surface area contributed by atoms with E-state index in [1.165, 1.54) is 5.56 Å². The minimum absolute atomic E-state index is 0. The van der Waals surface area contributed by atoms with Crippen molar-refractivity contribution in [3.8, 4) is 0 Å². The summed E-state index contributed by atoms with van der Waals surface area (Å²) in [6, 6.07) is 8.51. The van der Waals surface area contributed by atoms with Gasteiger partial charge in [0.05, 0.1) is 11.5 Å². The summed E-state index contributed by atoms with van der Waals surface area (Å²) in [5.74, 6) is 0.281. The molecule has 0 aromatic heterocycles. The fraction of sp³-hybridized carbons (Fsp3) is 0.562. The van der Waals surface area contributed by atoms with Gasteiger partial charge in [-0.15, -0.1) is 12.4 Å². The Morgan fingerprint density at radius 1 is 1.35 bits per heavy atom. The van der Waals surface area contributed by atoms with Crippen LogP contribution in [0.2, 0.25) is 0 Å². The molecule has 112 valence electrons. The number of carbonyl (C=O) groups excluding carboxylic acids is 1. The summed E-state index contributed by atoms with van der Waals surface area (Å²) in [5.41, 5.74) is 2.17. The zero-order valence-corrected chi connectivity index (χ0v) is 13.3. The van der Waals surface area contributed by atoms with Gasteiger partial charge in [-0.2, -0.15) is 0 Å². The van der Waals surface area contributed by atoms with Gasteiger partial charge in [-0.05, 0) is 44.4 Å². The lowest BCUT2D eigenvalue weighted by atomic mass is 9.92. The first-order chi connectivity index (χ1) is 9.03. The van der Waals surface area contributed by atoms with Gasteiger partial charge in [0, 0.05) is 6.54 Å². The lowest BCUT2D eigenvalue weighted by Gasteiger charge is -2.28. The molecule has 1 unspecified atom stereocenters. The molecule has 2 N–H and O–H groups in total. The van der Waals surface area contributed by atoms with Crippen LogP contribution < -0.4 is 10.6 Å². The van der Waals surface area contributed by atoms with E-state index >= 15 is 0 Å². The highest BCUT2D eigenvalue weighted by atomic mass is 35.5. The van der Waals surface area contributed by atoms with Crippen LogP contribution in [-0.4, -0.2) is 19.0 Å². The molecule has 1 aliphatic heterocycles. The van der Waals surface area contributed by atoms with Crippen molar-refractivity contribution in [2.45, 2.75) is 39.2 Å². The van der Waals surface area contributed by atoms with E-state index in [0.717, 1.165) is 31.5 Å². The molecular formula is C16H25ClN2O. The highest BCUT2D eigenvalue weighted by Gasteiger charge is 2.28. The predicted molar refractivity (Wildman–Crippen MR) is 85.2 cm³/mol. The third kappa shape index (κ3) is 3.97. The van der Waals surface area contributed by atoms with Crippen LogP contribution >= 0.6 is 12.4 Å². The van der Waals surface area contributed by atoms with Crippen molar-refractivity contribution in [1.29, 1.82) is 0 Å². The summed E-state index contributed by atoms with van der Waals surface area (Å²) in [6.45, 7) is 8.03. The van der Waals surface area contributed by atoms with E-state index in [0.29, 0.717) is 0 Å². The van der Waals surface area contributed by atoms with Crippen molar-refractivity contribution >= 4 is 18.3 Å². The van der Waals surface area contributed by atoms with Gasteiger partial charge in [-0.25, -0.2) is 0 Å². The lowest BCUT2D eigenvalue weighted by Crippen LogP contribution is -2.44. The molecule has 4 heteroatoms. The second kappa shape index (κ2) is 7.09. The van der Waals surface area contributed by atoms with Gasteiger partial charge in [0.25, 0.3) is 0 Å². The number of halogens is 1. The second-order valence-corrected chi connectivity index (χ2v) is 5.85. The average Bonchev–Trinajstić information content (AvgIpc) is 2.92. The van der Waals surface area contributed by atoms with E-state index in [2.05, 4.69) is 55.7 Å². The normalized spacial score (nSPS) is 18.4. The summed E-state index contributed by atoms with van der Waals surface area (Å²) in [7, 11) is 0. The Hall–Kier alpha value is -1.06. The van der Waals surface area contributed by atoms with Gasteiger partial charge in [0.1, 0.15) is 0 Å². The van der Waals surface area contributed by atoms with Gasteiger partial charge in [0.2, 0.25) is 5.91 Å². The monoisotopic (exact) mass is 296 g/mol. The number of nitrogens with one attached hydrogen (secondary N) is 2. The third-order valence-electron chi connectivity index (χ3n) is 3.95. The van der Waals surface area contributed by atoms with Crippen LogP contribution in [0, 0.1) is 5.92 Å². The van der Waals surface area contributed by atoms with Gasteiger partial charge < -0.3 is 10.6 Å². The maximum absolute atomic E-state index is 12.2. The van der Waals surface area contributed by atoms with Crippen molar-refractivity contribution in [3.63, 3.8) is 0 Å². The quantitative estimate of drug-likeness (QED) is 0.897. The molecule has 1 amide bonds. The zero-order chi connectivity index (χ0) is 13.9. The van der Waals surface area contributed by atoms with Crippen LogP contribution in [0.25, 0.3) is 0 Å². The van der Waals surface area contributed by atoms with E-state index in [4.69, 9.17) is 0 Å². The molecule has 1 aliphatic rings. The van der Waals surface area contributed by atoms with Crippen molar-refractivity contribution in [3.05, 3.63) is 35.4 Å². The smallest absolute Gasteiger partial charge is 0.225 e. The molecule has 3 nitrogen and oxygen atoms in total. The first-order valence-corrected chi connectivity index (χ1v) is 7.15. The molecule has 0 saturated carbocycles. The number of hydrogen-bond acceptors (Lipinski definition) is 2. The summed E-state index contributed by atoms with van der Waals surface area (Å²) in [4.78, 5) is 12.2. The topological polar surface area (TPSA) is 41.1 Å². The Bertz CT molecular complexity index is 436. The standard InChI is InChI=1S/C16H24N2O.ClH/c1-4-12-5-7-14(8-6-12)16(2,3)18-15(19)13-9-10-17-11-13;/h5-8,13,17H,4,9-11H2,1-3H3,(H,18,19);1H. The molecule has 0 radical (unpaired) electrons. The Balaban J connectivity index is 0.00000200. The average molecular weight is 297 g/mol. The predicted octanol–water partition coefficient (Wildman–Crippen LogP) is 2.63. The summed E-state index contributed by atoms with van der Waals surface area (Å²) in [6.07, 6.45) is 1.98. The van der Waals surface area contributed by atoms with Crippen LogP contribution in [0.3, 0.4) is 0 Å². The van der Waals surface area contributed by atoms with Gasteiger partial charge >= 0.3 is 0 Å². The Morgan fingerprint density at radius 3 is 2.50 bits per heavy atom. The van der Waals surface area contributed by atoms with E-state index in [-0.39, 0.29) is 29.8 Å². The van der Waals surface area contributed by atoms with Crippen molar-refractivity contribution < 1.29 is 4.79 Å². The fourth-order valence-corrected chi connectivity index (χ4v) is 2.52. The van der Waals surface area contributed by atoms with Gasteiger partial charge in [-0.1, -0.05) is 31.2 Å². The van der Waals surface area contributed by atoms with Crippen molar-refractivity contribution in [1.82, 2.24) is 10.6 Å². The third-order valence-corrected chi connectivity index (χ3v) is 3.95. The number of amides is 1. The Morgan fingerprint density at radius 2 is 2.00 bits per heavy atom. The SMILES string of the molecule is CCc1ccc(C(C)(C)NC(=O)C2CCNC2)cc1.Cl. The molecule has 1 atom stereocenters. The number of rotatable bonds is 4. The molecule has 1 aromatic carbocycles. The number of aryl methyl sites for hydroxylation is 1. The zero-order valence-electron chi connectivity index (χ0n) is 12.5. The first-order valence-electron chi connectivity index (χ1n) is 7.15. The fourth-order valence-electron chi connectivity index (χ4n) is 2.52. The Labute approximate surface area is 127 Å². The molecule has 1 fully saturated rings. The molecule has 2 rings (SSSR count). The second-order valence-electron chi connectivity index (χ2n) is 5.85. The number of carbonyl (C=O) groups is 1. The van der Waals surface area contributed by atoms with E-state index in [1.54, 1.807) is 0 Å². The van der Waals surface area contributed by atoms with Gasteiger partial charge in [0.15, 0.2) is 0 Å². The molecule has 1 aromatic rings. The lowest BCUT2D eigenvalue weighted by molar-refractivity contribution is -0.126. The summed E-state index contributed by atoms with van der Waals surface area (Å²) in [5, 5.41) is 6.41. The minimum atomic E-state index is -0.314. The molecule has 0 spiro atoms. The summed E-state index contributed by atoms with van der Waals surface area (Å²) >= 11 is 0.